The largest absolute Gasteiger partial charge is 0.478 e. The average molecular weight is 436 g/mol. The van der Waals surface area contributed by atoms with Gasteiger partial charge in [-0.15, -0.1) is 0 Å². The number of carbonyl (C=O) groups is 1. The summed E-state index contributed by atoms with van der Waals surface area (Å²) in [6.07, 6.45) is 0. The molecule has 0 aliphatic heterocycles. The van der Waals surface area contributed by atoms with E-state index in [9.17, 15) is 19.7 Å². The van der Waals surface area contributed by atoms with Gasteiger partial charge < -0.3 is 9.15 Å². The van der Waals surface area contributed by atoms with Crippen LogP contribution in [0.4, 0.5) is 5.69 Å². The lowest BCUT2D eigenvalue weighted by Crippen LogP contribution is -2.17. The number of hydrogen-bond donors (Lipinski definition) is 0. The first-order valence-corrected chi connectivity index (χ1v) is 9.54. The van der Waals surface area contributed by atoms with Gasteiger partial charge in [-0.05, 0) is 36.4 Å². The van der Waals surface area contributed by atoms with Gasteiger partial charge in [0, 0.05) is 28.3 Å². The van der Waals surface area contributed by atoms with Crippen molar-refractivity contribution in [1.29, 1.82) is 0 Å². The average Bonchev–Trinajstić information content (AvgIpc) is 2.79. The molecule has 0 saturated heterocycles. The fourth-order valence-corrected chi connectivity index (χ4v) is 3.19. The molecule has 1 aromatic heterocycles. The van der Waals surface area contributed by atoms with Gasteiger partial charge in [-0.1, -0.05) is 35.9 Å². The molecule has 0 amide bonds. The highest BCUT2D eigenvalue weighted by atomic mass is 35.5. The molecule has 4 aromatic rings. The Morgan fingerprint density at radius 3 is 2.52 bits per heavy atom. The Labute approximate surface area is 180 Å². The van der Waals surface area contributed by atoms with E-state index in [4.69, 9.17) is 20.8 Å². The maximum absolute atomic E-state index is 13.1. The van der Waals surface area contributed by atoms with Crippen LogP contribution in [0.3, 0.4) is 0 Å². The number of rotatable bonds is 6. The van der Waals surface area contributed by atoms with Gasteiger partial charge in [-0.3, -0.25) is 19.7 Å². The first kappa shape index (κ1) is 20.3. The summed E-state index contributed by atoms with van der Waals surface area (Å²) >= 11 is 5.95. The van der Waals surface area contributed by atoms with Crippen LogP contribution in [0.1, 0.15) is 10.4 Å². The van der Waals surface area contributed by atoms with Crippen LogP contribution >= 0.6 is 11.6 Å². The van der Waals surface area contributed by atoms with Crippen LogP contribution in [0.5, 0.6) is 5.75 Å². The topological polar surface area (TPSA) is 99.7 Å². The highest BCUT2D eigenvalue weighted by molar-refractivity contribution is 6.30. The van der Waals surface area contributed by atoms with E-state index in [0.717, 1.165) is 6.07 Å². The van der Waals surface area contributed by atoms with Crippen LogP contribution in [0, 0.1) is 10.1 Å². The number of halogens is 1. The molecular formula is C23H14ClNO6. The number of ether oxygens (including phenoxy) is 1. The number of non-ortho nitro benzene ring substituents is 1. The molecule has 3 aromatic carbocycles. The number of para-hydroxylation sites is 1. The van der Waals surface area contributed by atoms with Crippen molar-refractivity contribution in [3.8, 4) is 17.1 Å². The molecule has 31 heavy (non-hydrogen) atoms. The minimum absolute atomic E-state index is 0.104. The summed E-state index contributed by atoms with van der Waals surface area (Å²) < 4.78 is 11.5. The Morgan fingerprint density at radius 1 is 1.03 bits per heavy atom. The molecule has 0 radical (unpaired) electrons. The van der Waals surface area contributed by atoms with Gasteiger partial charge >= 0.3 is 0 Å². The standard InChI is InChI=1S/C23H14ClNO6/c24-16-10-8-14(9-11-16)22-23(21(27)18-6-1-2-7-20(18)31-22)30-13-19(26)15-4-3-5-17(12-15)25(28)29/h1-12H,13H2. The van der Waals surface area contributed by atoms with Gasteiger partial charge in [0.05, 0.1) is 10.3 Å². The monoisotopic (exact) mass is 435 g/mol. The highest BCUT2D eigenvalue weighted by Crippen LogP contribution is 2.31. The lowest BCUT2D eigenvalue weighted by Gasteiger charge is -2.11. The van der Waals surface area contributed by atoms with Gasteiger partial charge in [0.2, 0.25) is 11.2 Å². The number of nitrogens with zero attached hydrogens (tertiary/aromatic N) is 1. The van der Waals surface area contributed by atoms with Gasteiger partial charge in [0.1, 0.15) is 5.58 Å². The molecular weight excluding hydrogens is 422 g/mol. The number of benzene rings is 3. The van der Waals surface area contributed by atoms with Crippen LogP contribution in [0.2, 0.25) is 5.02 Å². The number of nitro groups is 1. The second-order valence-electron chi connectivity index (χ2n) is 6.61. The minimum Gasteiger partial charge on any atom is -0.478 e. The minimum atomic E-state index is -0.589. The van der Waals surface area contributed by atoms with E-state index in [1.165, 1.54) is 18.2 Å². The van der Waals surface area contributed by atoms with Gasteiger partial charge in [0.15, 0.2) is 18.2 Å². The molecule has 0 unspecified atom stereocenters. The molecule has 0 aliphatic carbocycles. The number of hydrogen-bond acceptors (Lipinski definition) is 6. The van der Waals surface area contributed by atoms with Crippen LogP contribution < -0.4 is 10.2 Å². The van der Waals surface area contributed by atoms with Crippen LogP contribution in [0.15, 0.2) is 82.0 Å². The number of ketones is 1. The van der Waals surface area contributed by atoms with Gasteiger partial charge in [0.25, 0.3) is 5.69 Å². The quantitative estimate of drug-likeness (QED) is 0.232. The van der Waals surface area contributed by atoms with Crippen molar-refractivity contribution in [2.45, 2.75) is 0 Å². The summed E-state index contributed by atoms with van der Waals surface area (Å²) in [6.45, 7) is -0.495. The van der Waals surface area contributed by atoms with Crippen molar-refractivity contribution in [3.63, 3.8) is 0 Å². The molecule has 154 valence electrons. The van der Waals surface area contributed by atoms with Crippen molar-refractivity contribution in [1.82, 2.24) is 0 Å². The summed E-state index contributed by atoms with van der Waals surface area (Å²) in [6, 6.07) is 18.6. The Morgan fingerprint density at radius 2 is 1.77 bits per heavy atom. The van der Waals surface area contributed by atoms with Gasteiger partial charge in [-0.2, -0.15) is 0 Å². The maximum Gasteiger partial charge on any atom is 0.270 e. The zero-order chi connectivity index (χ0) is 22.0. The first-order chi connectivity index (χ1) is 14.9. The Hall–Kier alpha value is -3.97. The van der Waals surface area contributed by atoms with E-state index in [1.807, 2.05) is 0 Å². The molecule has 0 fully saturated rings. The summed E-state index contributed by atoms with van der Waals surface area (Å²) in [5.41, 5.74) is 0.379. The molecule has 8 heteroatoms. The molecule has 0 bridgehead atoms. The van der Waals surface area contributed by atoms with E-state index in [2.05, 4.69) is 0 Å². The van der Waals surface area contributed by atoms with Gasteiger partial charge in [-0.25, -0.2) is 0 Å². The lowest BCUT2D eigenvalue weighted by atomic mass is 10.1. The fourth-order valence-electron chi connectivity index (χ4n) is 3.06. The third-order valence-corrected chi connectivity index (χ3v) is 4.84. The number of carbonyl (C=O) groups excluding carboxylic acids is 1. The highest BCUT2D eigenvalue weighted by Gasteiger charge is 2.20. The summed E-state index contributed by atoms with van der Waals surface area (Å²) in [5, 5.41) is 11.8. The number of fused-ring (bicyclic) bond motifs is 1. The van der Waals surface area contributed by atoms with E-state index in [-0.39, 0.29) is 22.8 Å². The van der Waals surface area contributed by atoms with Crippen LogP contribution in [-0.2, 0) is 0 Å². The van der Waals surface area contributed by atoms with Crippen LogP contribution in [-0.4, -0.2) is 17.3 Å². The van der Waals surface area contributed by atoms with Crippen LogP contribution in [0.25, 0.3) is 22.3 Å². The summed E-state index contributed by atoms with van der Waals surface area (Å²) in [7, 11) is 0. The number of Topliss-reactive ketones (excluding diaryl/α,β-unsaturated/α-hetero) is 1. The Kier molecular flexibility index (Phi) is 5.51. The molecule has 0 spiro atoms. The first-order valence-electron chi connectivity index (χ1n) is 9.16. The van der Waals surface area contributed by atoms with Crippen molar-refractivity contribution in [3.05, 3.63) is 104 Å². The van der Waals surface area contributed by atoms with E-state index >= 15 is 0 Å². The third kappa shape index (κ3) is 4.17. The Balaban J connectivity index is 1.73. The molecule has 0 atom stereocenters. The normalized spacial score (nSPS) is 10.7. The third-order valence-electron chi connectivity index (χ3n) is 4.59. The van der Waals surface area contributed by atoms with E-state index in [1.54, 1.807) is 48.5 Å². The second-order valence-corrected chi connectivity index (χ2v) is 7.05. The van der Waals surface area contributed by atoms with Crippen molar-refractivity contribution in [2.24, 2.45) is 0 Å². The van der Waals surface area contributed by atoms with E-state index < -0.39 is 22.7 Å². The summed E-state index contributed by atoms with van der Waals surface area (Å²) in [5.74, 6) is -0.481. The molecule has 7 nitrogen and oxygen atoms in total. The molecule has 0 N–H and O–H groups in total. The van der Waals surface area contributed by atoms with Crippen molar-refractivity contribution >= 4 is 34.0 Å². The molecule has 0 saturated carbocycles. The SMILES string of the molecule is O=C(COc1c(-c2ccc(Cl)cc2)oc2ccccc2c1=O)c1cccc([N+](=O)[O-])c1. The molecule has 1 heterocycles. The second kappa shape index (κ2) is 8.41. The zero-order valence-corrected chi connectivity index (χ0v) is 16.7. The van der Waals surface area contributed by atoms with Crippen molar-refractivity contribution in [2.75, 3.05) is 6.61 Å². The predicted octanol–water partition coefficient (Wildman–Crippen LogP) is 5.28. The zero-order valence-electron chi connectivity index (χ0n) is 15.9. The Bertz CT molecular complexity index is 1360. The maximum atomic E-state index is 13.1. The summed E-state index contributed by atoms with van der Waals surface area (Å²) in [4.78, 5) is 36.0. The molecule has 0 aliphatic rings. The lowest BCUT2D eigenvalue weighted by molar-refractivity contribution is -0.384. The molecule has 4 rings (SSSR count). The van der Waals surface area contributed by atoms with E-state index in [0.29, 0.717) is 21.6 Å². The number of nitro benzene ring substituents is 1. The van der Waals surface area contributed by atoms with Crippen molar-refractivity contribution < 1.29 is 18.9 Å². The fraction of sp³-hybridized carbons (Fsp3) is 0.0435. The predicted molar refractivity (Wildman–Crippen MR) is 116 cm³/mol. The smallest absolute Gasteiger partial charge is 0.270 e.